The zero-order valence-electron chi connectivity index (χ0n) is 7.90. The standard InChI is InChI=1S/C10H21N/c1-4-6-7-8-10(3)9-11-5-2/h4,10-11H,1,5-9H2,2-3H3. The first-order chi connectivity index (χ1) is 5.31. The summed E-state index contributed by atoms with van der Waals surface area (Å²) in [4.78, 5) is 0. The Labute approximate surface area is 70.9 Å². The lowest BCUT2D eigenvalue weighted by Gasteiger charge is -2.09. The Kier molecular flexibility index (Phi) is 7.59. The van der Waals surface area contributed by atoms with Crippen LogP contribution in [0.1, 0.15) is 33.1 Å². The lowest BCUT2D eigenvalue weighted by Crippen LogP contribution is -2.20. The van der Waals surface area contributed by atoms with Gasteiger partial charge >= 0.3 is 0 Å². The van der Waals surface area contributed by atoms with Gasteiger partial charge in [-0.05, 0) is 38.3 Å². The van der Waals surface area contributed by atoms with Gasteiger partial charge in [-0.3, -0.25) is 0 Å². The van der Waals surface area contributed by atoms with Crippen molar-refractivity contribution in [3.63, 3.8) is 0 Å². The topological polar surface area (TPSA) is 12.0 Å². The van der Waals surface area contributed by atoms with Crippen molar-refractivity contribution in [2.75, 3.05) is 13.1 Å². The Hall–Kier alpha value is -0.300. The van der Waals surface area contributed by atoms with Crippen molar-refractivity contribution in [2.45, 2.75) is 33.1 Å². The van der Waals surface area contributed by atoms with E-state index in [1.165, 1.54) is 12.8 Å². The lowest BCUT2D eigenvalue weighted by atomic mass is 10.0. The van der Waals surface area contributed by atoms with E-state index in [2.05, 4.69) is 25.7 Å². The van der Waals surface area contributed by atoms with Crippen LogP contribution in [-0.2, 0) is 0 Å². The first-order valence-corrected chi connectivity index (χ1v) is 4.62. The molecule has 0 aliphatic rings. The molecule has 0 bridgehead atoms. The molecule has 0 spiro atoms. The molecule has 11 heavy (non-hydrogen) atoms. The van der Waals surface area contributed by atoms with Crippen LogP contribution < -0.4 is 5.32 Å². The zero-order valence-corrected chi connectivity index (χ0v) is 7.90. The molecule has 1 heteroatoms. The summed E-state index contributed by atoms with van der Waals surface area (Å²) < 4.78 is 0. The molecule has 0 aliphatic heterocycles. The summed E-state index contributed by atoms with van der Waals surface area (Å²) in [5.74, 6) is 0.815. The fourth-order valence-electron chi connectivity index (χ4n) is 1.10. The molecule has 0 saturated heterocycles. The van der Waals surface area contributed by atoms with E-state index >= 15 is 0 Å². The van der Waals surface area contributed by atoms with Crippen molar-refractivity contribution >= 4 is 0 Å². The number of hydrogen-bond acceptors (Lipinski definition) is 1. The van der Waals surface area contributed by atoms with Gasteiger partial charge in [0, 0.05) is 0 Å². The Morgan fingerprint density at radius 2 is 2.27 bits per heavy atom. The van der Waals surface area contributed by atoms with E-state index in [9.17, 15) is 0 Å². The van der Waals surface area contributed by atoms with E-state index < -0.39 is 0 Å². The van der Waals surface area contributed by atoms with Gasteiger partial charge in [-0.2, -0.15) is 0 Å². The molecule has 1 N–H and O–H groups in total. The van der Waals surface area contributed by atoms with Gasteiger partial charge in [0.2, 0.25) is 0 Å². The second kappa shape index (κ2) is 7.80. The van der Waals surface area contributed by atoms with E-state index in [-0.39, 0.29) is 0 Å². The minimum Gasteiger partial charge on any atom is -0.317 e. The van der Waals surface area contributed by atoms with Crippen molar-refractivity contribution in [3.05, 3.63) is 12.7 Å². The summed E-state index contributed by atoms with van der Waals surface area (Å²) in [6, 6.07) is 0. The van der Waals surface area contributed by atoms with Crippen LogP contribution in [0.15, 0.2) is 12.7 Å². The van der Waals surface area contributed by atoms with Crippen LogP contribution in [0.3, 0.4) is 0 Å². The molecule has 1 atom stereocenters. The van der Waals surface area contributed by atoms with Gasteiger partial charge < -0.3 is 5.32 Å². The van der Waals surface area contributed by atoms with Crippen LogP contribution >= 0.6 is 0 Å². The van der Waals surface area contributed by atoms with Gasteiger partial charge in [-0.15, -0.1) is 6.58 Å². The van der Waals surface area contributed by atoms with Crippen molar-refractivity contribution in [2.24, 2.45) is 5.92 Å². The molecule has 0 amide bonds. The highest BCUT2D eigenvalue weighted by atomic mass is 14.8. The third kappa shape index (κ3) is 7.60. The molecule has 0 aromatic carbocycles. The van der Waals surface area contributed by atoms with Crippen molar-refractivity contribution in [1.82, 2.24) is 5.32 Å². The fourth-order valence-corrected chi connectivity index (χ4v) is 1.10. The van der Waals surface area contributed by atoms with Gasteiger partial charge in [0.25, 0.3) is 0 Å². The summed E-state index contributed by atoms with van der Waals surface area (Å²) in [6.45, 7) is 10.4. The molecule has 0 saturated carbocycles. The van der Waals surface area contributed by atoms with Crippen LogP contribution in [0.2, 0.25) is 0 Å². The molecule has 1 unspecified atom stereocenters. The normalized spacial score (nSPS) is 12.9. The molecule has 0 rings (SSSR count). The van der Waals surface area contributed by atoms with Crippen LogP contribution in [-0.4, -0.2) is 13.1 Å². The predicted octanol–water partition coefficient (Wildman–Crippen LogP) is 2.59. The van der Waals surface area contributed by atoms with Crippen LogP contribution in [0.25, 0.3) is 0 Å². The van der Waals surface area contributed by atoms with Crippen LogP contribution in [0, 0.1) is 5.92 Å². The Morgan fingerprint density at radius 3 is 2.82 bits per heavy atom. The van der Waals surface area contributed by atoms with E-state index in [1.807, 2.05) is 6.08 Å². The lowest BCUT2D eigenvalue weighted by molar-refractivity contribution is 0.476. The van der Waals surface area contributed by atoms with E-state index in [4.69, 9.17) is 0 Å². The molecule has 0 radical (unpaired) electrons. The molecular weight excluding hydrogens is 134 g/mol. The Bertz CT molecular complexity index is 88.9. The largest absolute Gasteiger partial charge is 0.317 e. The second-order valence-electron chi connectivity index (χ2n) is 3.13. The average Bonchev–Trinajstić information content (AvgIpc) is 2.01. The number of allylic oxidation sites excluding steroid dienone is 1. The second-order valence-corrected chi connectivity index (χ2v) is 3.13. The maximum absolute atomic E-state index is 3.70. The van der Waals surface area contributed by atoms with Gasteiger partial charge in [-0.1, -0.05) is 19.9 Å². The van der Waals surface area contributed by atoms with Crippen LogP contribution in [0.5, 0.6) is 0 Å². The van der Waals surface area contributed by atoms with Gasteiger partial charge in [0.1, 0.15) is 0 Å². The number of rotatable bonds is 7. The molecule has 66 valence electrons. The predicted molar refractivity (Wildman–Crippen MR) is 51.8 cm³/mol. The summed E-state index contributed by atoms with van der Waals surface area (Å²) in [7, 11) is 0. The molecule has 0 aromatic rings. The number of hydrogen-bond donors (Lipinski definition) is 1. The Morgan fingerprint density at radius 1 is 1.55 bits per heavy atom. The first-order valence-electron chi connectivity index (χ1n) is 4.62. The van der Waals surface area contributed by atoms with E-state index in [0.29, 0.717) is 0 Å². The smallest absolute Gasteiger partial charge is 0.00233 e. The third-order valence-corrected chi connectivity index (χ3v) is 1.85. The van der Waals surface area contributed by atoms with Gasteiger partial charge in [-0.25, -0.2) is 0 Å². The molecular formula is C10H21N. The highest BCUT2D eigenvalue weighted by Gasteiger charge is 1.98. The van der Waals surface area contributed by atoms with Crippen molar-refractivity contribution < 1.29 is 0 Å². The Balaban J connectivity index is 3.08. The molecule has 0 aliphatic carbocycles. The first kappa shape index (κ1) is 10.7. The van der Waals surface area contributed by atoms with Crippen molar-refractivity contribution in [1.29, 1.82) is 0 Å². The van der Waals surface area contributed by atoms with Crippen molar-refractivity contribution in [3.8, 4) is 0 Å². The molecule has 0 aromatic heterocycles. The quantitative estimate of drug-likeness (QED) is 0.440. The maximum atomic E-state index is 3.70. The zero-order chi connectivity index (χ0) is 8.53. The molecule has 0 heterocycles. The minimum absolute atomic E-state index is 0.815. The summed E-state index contributed by atoms with van der Waals surface area (Å²) >= 11 is 0. The highest BCUT2D eigenvalue weighted by molar-refractivity contribution is 4.67. The monoisotopic (exact) mass is 155 g/mol. The number of unbranched alkanes of at least 4 members (excludes halogenated alkanes) is 1. The summed E-state index contributed by atoms with van der Waals surface area (Å²) in [5, 5.41) is 3.35. The van der Waals surface area contributed by atoms with E-state index in [0.717, 1.165) is 25.4 Å². The average molecular weight is 155 g/mol. The molecule has 0 fully saturated rings. The highest BCUT2D eigenvalue weighted by Crippen LogP contribution is 2.06. The van der Waals surface area contributed by atoms with E-state index in [1.54, 1.807) is 0 Å². The molecule has 1 nitrogen and oxygen atoms in total. The van der Waals surface area contributed by atoms with Crippen LogP contribution in [0.4, 0.5) is 0 Å². The number of nitrogens with one attached hydrogen (secondary N) is 1. The third-order valence-electron chi connectivity index (χ3n) is 1.85. The fraction of sp³-hybridized carbons (Fsp3) is 0.800. The van der Waals surface area contributed by atoms with Gasteiger partial charge in [0.05, 0.1) is 0 Å². The maximum Gasteiger partial charge on any atom is -0.00233 e. The van der Waals surface area contributed by atoms with Gasteiger partial charge in [0.15, 0.2) is 0 Å². The SMILES string of the molecule is C=CCCCC(C)CNCC. The minimum atomic E-state index is 0.815. The summed E-state index contributed by atoms with van der Waals surface area (Å²) in [6.07, 6.45) is 5.77. The summed E-state index contributed by atoms with van der Waals surface area (Å²) in [5.41, 5.74) is 0.